The first kappa shape index (κ1) is 13.8. The van der Waals surface area contributed by atoms with Gasteiger partial charge >= 0.3 is 0 Å². The van der Waals surface area contributed by atoms with Gasteiger partial charge in [-0.25, -0.2) is 9.37 Å². The van der Waals surface area contributed by atoms with E-state index in [2.05, 4.69) is 17.2 Å². The second-order valence-electron chi connectivity index (χ2n) is 4.23. The van der Waals surface area contributed by atoms with Crippen molar-refractivity contribution < 1.29 is 9.13 Å². The smallest absolute Gasteiger partial charge is 0.182 e. The molecule has 0 saturated heterocycles. The second kappa shape index (κ2) is 6.52. The Morgan fingerprint density at radius 1 is 1.42 bits per heavy atom. The highest BCUT2D eigenvalue weighted by atomic mass is 32.1. The summed E-state index contributed by atoms with van der Waals surface area (Å²) in [5.41, 5.74) is 0.590. The number of nitrogens with one attached hydrogen (secondary N) is 1. The van der Waals surface area contributed by atoms with Gasteiger partial charge in [-0.05, 0) is 25.0 Å². The van der Waals surface area contributed by atoms with Gasteiger partial charge in [0.15, 0.2) is 16.7 Å². The molecule has 0 aliphatic heterocycles. The lowest BCUT2D eigenvalue weighted by Gasteiger charge is -2.06. The summed E-state index contributed by atoms with van der Waals surface area (Å²) in [7, 11) is 0. The Balaban J connectivity index is 1.95. The predicted molar refractivity (Wildman–Crippen MR) is 76.4 cm³/mol. The first-order valence-electron chi connectivity index (χ1n) is 6.27. The molecule has 1 aromatic heterocycles. The third-order valence-electron chi connectivity index (χ3n) is 2.61. The van der Waals surface area contributed by atoms with Crippen LogP contribution in [0, 0.1) is 12.7 Å². The fraction of sp³-hybridized carbons (Fsp3) is 0.357. The van der Waals surface area contributed by atoms with E-state index in [0.29, 0.717) is 12.2 Å². The van der Waals surface area contributed by atoms with E-state index in [-0.39, 0.29) is 11.6 Å². The number of nitrogens with zero attached hydrogens (tertiary/aromatic N) is 1. The maximum Gasteiger partial charge on any atom is 0.182 e. The van der Waals surface area contributed by atoms with Gasteiger partial charge in [0.25, 0.3) is 0 Å². The molecule has 0 fully saturated rings. The van der Waals surface area contributed by atoms with Crippen LogP contribution >= 0.6 is 11.3 Å². The Kier molecular flexibility index (Phi) is 4.74. The first-order chi connectivity index (χ1) is 9.20. The quantitative estimate of drug-likeness (QED) is 0.868. The lowest BCUT2D eigenvalue weighted by molar-refractivity contribution is 0.292. The summed E-state index contributed by atoms with van der Waals surface area (Å²) >= 11 is 1.53. The molecule has 1 aromatic carbocycles. The van der Waals surface area contributed by atoms with Gasteiger partial charge in [-0.3, -0.25) is 0 Å². The topological polar surface area (TPSA) is 34.2 Å². The number of ether oxygens (including phenoxy) is 1. The van der Waals surface area contributed by atoms with Crippen LogP contribution in [0.25, 0.3) is 0 Å². The lowest BCUT2D eigenvalue weighted by Crippen LogP contribution is -1.98. The Bertz CT molecular complexity index is 542. The summed E-state index contributed by atoms with van der Waals surface area (Å²) in [4.78, 5) is 5.21. The highest BCUT2D eigenvalue weighted by Gasteiger charge is 2.07. The summed E-state index contributed by atoms with van der Waals surface area (Å²) < 4.78 is 19.2. The molecule has 0 unspecified atom stereocenters. The zero-order valence-electron chi connectivity index (χ0n) is 11.1. The maximum atomic E-state index is 13.7. The Morgan fingerprint density at radius 3 is 3.05 bits per heavy atom. The second-order valence-corrected chi connectivity index (χ2v) is 5.35. The Labute approximate surface area is 116 Å². The molecule has 0 aliphatic rings. The minimum atomic E-state index is -0.295. The van der Waals surface area contributed by atoms with E-state index in [0.717, 1.165) is 23.0 Å². The average Bonchev–Trinajstić information content (AvgIpc) is 2.86. The van der Waals surface area contributed by atoms with Crippen LogP contribution < -0.4 is 10.1 Å². The zero-order chi connectivity index (χ0) is 13.7. The minimum absolute atomic E-state index is 0.288. The largest absolute Gasteiger partial charge is 0.485 e. The Hall–Kier alpha value is -1.62. The van der Waals surface area contributed by atoms with Gasteiger partial charge in [0.2, 0.25) is 0 Å². The van der Waals surface area contributed by atoms with Crippen LogP contribution in [0.1, 0.15) is 23.8 Å². The molecule has 0 saturated carbocycles. The fourth-order valence-electron chi connectivity index (χ4n) is 1.57. The number of thiazole rings is 1. The molecular weight excluding hydrogens is 263 g/mol. The van der Waals surface area contributed by atoms with Crippen LogP contribution in [-0.2, 0) is 6.61 Å². The summed E-state index contributed by atoms with van der Waals surface area (Å²) in [6, 6.07) is 5.15. The first-order valence-corrected chi connectivity index (χ1v) is 7.09. The molecule has 2 aromatic rings. The Morgan fingerprint density at radius 2 is 2.26 bits per heavy atom. The standard InChI is InChI=1S/C14H17FN2OS/c1-3-7-16-14-17-8-11(19-14)9-18-12-6-4-5-10(2)13(12)15/h4-6,8H,3,7,9H2,1-2H3,(H,16,17). The molecule has 102 valence electrons. The average molecular weight is 280 g/mol. The van der Waals surface area contributed by atoms with Gasteiger partial charge in [0.1, 0.15) is 6.61 Å². The van der Waals surface area contributed by atoms with Crippen LogP contribution in [0.5, 0.6) is 5.75 Å². The monoisotopic (exact) mass is 280 g/mol. The third-order valence-corrected chi connectivity index (χ3v) is 3.53. The van der Waals surface area contributed by atoms with Gasteiger partial charge in [-0.15, -0.1) is 0 Å². The van der Waals surface area contributed by atoms with Gasteiger partial charge < -0.3 is 10.1 Å². The summed E-state index contributed by atoms with van der Waals surface area (Å²) in [6.45, 7) is 5.07. The van der Waals surface area contributed by atoms with Gasteiger partial charge in [0.05, 0.1) is 4.88 Å². The molecule has 0 spiro atoms. The SMILES string of the molecule is CCCNc1ncc(COc2cccc(C)c2F)s1. The number of rotatable bonds is 6. The molecule has 0 bridgehead atoms. The van der Waals surface area contributed by atoms with E-state index in [1.165, 1.54) is 11.3 Å². The number of hydrogen-bond donors (Lipinski definition) is 1. The van der Waals surface area contributed by atoms with Crippen LogP contribution in [0.15, 0.2) is 24.4 Å². The highest BCUT2D eigenvalue weighted by Crippen LogP contribution is 2.23. The van der Waals surface area contributed by atoms with Crippen molar-refractivity contribution in [3.05, 3.63) is 40.7 Å². The van der Waals surface area contributed by atoms with Crippen LogP contribution in [0.2, 0.25) is 0 Å². The van der Waals surface area contributed by atoms with Crippen molar-refractivity contribution in [2.45, 2.75) is 26.9 Å². The van der Waals surface area contributed by atoms with Crippen molar-refractivity contribution in [3.63, 3.8) is 0 Å². The van der Waals surface area contributed by atoms with Crippen molar-refractivity contribution in [1.29, 1.82) is 0 Å². The number of benzene rings is 1. The minimum Gasteiger partial charge on any atom is -0.485 e. The van der Waals surface area contributed by atoms with Crippen molar-refractivity contribution >= 4 is 16.5 Å². The van der Waals surface area contributed by atoms with E-state index in [1.807, 2.05) is 0 Å². The summed E-state index contributed by atoms with van der Waals surface area (Å²) in [5.74, 6) is -0.00665. The molecule has 1 heterocycles. The van der Waals surface area contributed by atoms with Gasteiger partial charge in [-0.2, -0.15) is 0 Å². The summed E-state index contributed by atoms with van der Waals surface area (Å²) in [6.07, 6.45) is 2.82. The van der Waals surface area contributed by atoms with E-state index in [1.54, 1.807) is 31.3 Å². The van der Waals surface area contributed by atoms with Crippen LogP contribution in [0.4, 0.5) is 9.52 Å². The number of halogens is 1. The molecule has 5 heteroatoms. The van der Waals surface area contributed by atoms with Crippen LogP contribution in [0.3, 0.4) is 0 Å². The van der Waals surface area contributed by atoms with Crippen molar-refractivity contribution in [3.8, 4) is 5.75 Å². The number of hydrogen-bond acceptors (Lipinski definition) is 4. The predicted octanol–water partition coefficient (Wildman–Crippen LogP) is 3.99. The highest BCUT2D eigenvalue weighted by molar-refractivity contribution is 7.15. The van der Waals surface area contributed by atoms with Crippen molar-refractivity contribution in [2.75, 3.05) is 11.9 Å². The van der Waals surface area contributed by atoms with Gasteiger partial charge in [0, 0.05) is 12.7 Å². The van der Waals surface area contributed by atoms with E-state index in [4.69, 9.17) is 4.74 Å². The maximum absolute atomic E-state index is 13.7. The molecule has 0 aliphatic carbocycles. The van der Waals surface area contributed by atoms with E-state index < -0.39 is 0 Å². The van der Waals surface area contributed by atoms with Gasteiger partial charge in [-0.1, -0.05) is 30.4 Å². The molecule has 19 heavy (non-hydrogen) atoms. The van der Waals surface area contributed by atoms with E-state index in [9.17, 15) is 4.39 Å². The number of aryl methyl sites for hydroxylation is 1. The third kappa shape index (κ3) is 3.67. The zero-order valence-corrected chi connectivity index (χ0v) is 11.9. The summed E-state index contributed by atoms with van der Waals surface area (Å²) in [5, 5.41) is 4.09. The molecule has 0 atom stereocenters. The molecule has 2 rings (SSSR count). The molecular formula is C14H17FN2OS. The van der Waals surface area contributed by atoms with Crippen molar-refractivity contribution in [2.24, 2.45) is 0 Å². The van der Waals surface area contributed by atoms with E-state index >= 15 is 0 Å². The number of aromatic nitrogens is 1. The number of anilines is 1. The van der Waals surface area contributed by atoms with Crippen molar-refractivity contribution in [1.82, 2.24) is 4.98 Å². The molecule has 0 amide bonds. The molecule has 0 radical (unpaired) electrons. The fourth-order valence-corrected chi connectivity index (χ4v) is 2.32. The van der Waals surface area contributed by atoms with Crippen LogP contribution in [-0.4, -0.2) is 11.5 Å². The lowest BCUT2D eigenvalue weighted by atomic mass is 10.2. The molecule has 3 nitrogen and oxygen atoms in total. The molecule has 1 N–H and O–H groups in total. The normalized spacial score (nSPS) is 10.5.